The van der Waals surface area contributed by atoms with Crippen LogP contribution in [0.15, 0.2) is 40.6 Å². The zero-order chi connectivity index (χ0) is 12.3. The van der Waals surface area contributed by atoms with Gasteiger partial charge in [0.15, 0.2) is 5.16 Å². The molecule has 2 rings (SSSR count). The van der Waals surface area contributed by atoms with Crippen LogP contribution < -0.4 is 11.1 Å². The van der Waals surface area contributed by atoms with E-state index in [0.717, 1.165) is 10.1 Å². The van der Waals surface area contributed by atoms with Crippen LogP contribution in [-0.4, -0.2) is 22.9 Å². The number of anilines is 1. The maximum atomic E-state index is 11.4. The number of nitrogens with two attached hydrogens (primary N) is 1. The van der Waals surface area contributed by atoms with E-state index in [1.54, 1.807) is 31.6 Å². The van der Waals surface area contributed by atoms with Gasteiger partial charge in [-0.2, -0.15) is 0 Å². The molecule has 2 aromatic rings. The minimum atomic E-state index is -0.147. The fourth-order valence-corrected chi connectivity index (χ4v) is 2.10. The number of carbonyl (C=O) groups excluding carboxylic acids is 1. The number of aromatic amines is 1. The summed E-state index contributed by atoms with van der Waals surface area (Å²) >= 11 is 1.43. The zero-order valence-corrected chi connectivity index (χ0v) is 10.0. The number of nitrogens with one attached hydrogen (secondary N) is 2. The number of carbonyl (C=O) groups is 1. The Morgan fingerprint density at radius 3 is 2.94 bits per heavy atom. The van der Waals surface area contributed by atoms with Gasteiger partial charge in [0.2, 0.25) is 0 Å². The maximum Gasteiger partial charge on any atom is 0.251 e. The second-order valence-corrected chi connectivity index (χ2v) is 4.36. The lowest BCUT2D eigenvalue weighted by atomic mass is 10.2. The number of aromatic nitrogens is 2. The average molecular weight is 248 g/mol. The van der Waals surface area contributed by atoms with E-state index in [9.17, 15) is 4.79 Å². The second-order valence-electron chi connectivity index (χ2n) is 3.33. The number of H-pyrrole nitrogens is 1. The molecule has 0 bridgehead atoms. The molecule has 1 aromatic heterocycles. The fourth-order valence-electron chi connectivity index (χ4n) is 1.34. The van der Waals surface area contributed by atoms with Crippen LogP contribution in [0.3, 0.4) is 0 Å². The molecular weight excluding hydrogens is 236 g/mol. The average Bonchev–Trinajstić information content (AvgIpc) is 2.83. The smallest absolute Gasteiger partial charge is 0.251 e. The molecule has 4 N–H and O–H groups in total. The van der Waals surface area contributed by atoms with Crippen LogP contribution >= 0.6 is 11.8 Å². The van der Waals surface area contributed by atoms with Crippen molar-refractivity contribution in [3.05, 3.63) is 36.2 Å². The van der Waals surface area contributed by atoms with Crippen LogP contribution in [-0.2, 0) is 0 Å². The summed E-state index contributed by atoms with van der Waals surface area (Å²) < 4.78 is 0. The van der Waals surface area contributed by atoms with Crippen LogP contribution in [0.2, 0.25) is 0 Å². The summed E-state index contributed by atoms with van der Waals surface area (Å²) in [5.41, 5.74) is 7.00. The van der Waals surface area contributed by atoms with Gasteiger partial charge in [0.05, 0.1) is 0 Å². The van der Waals surface area contributed by atoms with Crippen LogP contribution in [0.25, 0.3) is 0 Å². The predicted octanol–water partition coefficient (Wildman–Crippen LogP) is 1.50. The third kappa shape index (κ3) is 2.59. The van der Waals surface area contributed by atoms with Gasteiger partial charge < -0.3 is 16.0 Å². The van der Waals surface area contributed by atoms with E-state index in [1.807, 2.05) is 6.07 Å². The number of imidazole rings is 1. The number of hydrogen-bond donors (Lipinski definition) is 3. The summed E-state index contributed by atoms with van der Waals surface area (Å²) in [4.78, 5) is 19.3. The molecule has 0 aliphatic rings. The Morgan fingerprint density at radius 2 is 2.35 bits per heavy atom. The lowest BCUT2D eigenvalue weighted by molar-refractivity contribution is 0.0963. The van der Waals surface area contributed by atoms with Crippen LogP contribution in [0, 0.1) is 0 Å². The Bertz CT molecular complexity index is 524. The summed E-state index contributed by atoms with van der Waals surface area (Å²) in [5, 5.41) is 3.32. The van der Waals surface area contributed by atoms with E-state index in [4.69, 9.17) is 5.73 Å². The first kappa shape index (κ1) is 11.5. The summed E-state index contributed by atoms with van der Waals surface area (Å²) in [6.07, 6.45) is 3.43. The topological polar surface area (TPSA) is 83.8 Å². The quantitative estimate of drug-likeness (QED) is 0.719. The third-order valence-corrected chi connectivity index (χ3v) is 3.19. The standard InChI is InChI=1S/C11H12N4OS/c1-13-10(16)7-2-3-9(8(12)6-7)17-11-14-4-5-15-11/h2-6H,12H2,1H3,(H,13,16)(H,14,15). The molecule has 6 heteroatoms. The van der Waals surface area contributed by atoms with Gasteiger partial charge in [-0.25, -0.2) is 4.98 Å². The first-order valence-electron chi connectivity index (χ1n) is 4.99. The van der Waals surface area contributed by atoms with E-state index >= 15 is 0 Å². The van der Waals surface area contributed by atoms with Gasteiger partial charge in [-0.1, -0.05) is 0 Å². The van der Waals surface area contributed by atoms with Crippen molar-refractivity contribution in [1.29, 1.82) is 0 Å². The van der Waals surface area contributed by atoms with E-state index in [0.29, 0.717) is 11.3 Å². The minimum absolute atomic E-state index is 0.147. The van der Waals surface area contributed by atoms with Gasteiger partial charge >= 0.3 is 0 Å². The highest BCUT2D eigenvalue weighted by atomic mass is 32.2. The molecule has 0 radical (unpaired) electrons. The summed E-state index contributed by atoms with van der Waals surface area (Å²) in [7, 11) is 1.59. The summed E-state index contributed by atoms with van der Waals surface area (Å²) in [6, 6.07) is 5.21. The van der Waals surface area contributed by atoms with Gasteiger partial charge in [0.1, 0.15) is 0 Å². The predicted molar refractivity (Wildman–Crippen MR) is 67.0 cm³/mol. The van der Waals surface area contributed by atoms with E-state index in [1.165, 1.54) is 11.8 Å². The highest BCUT2D eigenvalue weighted by Crippen LogP contribution is 2.30. The molecule has 0 fully saturated rings. The molecule has 1 aromatic carbocycles. The Kier molecular flexibility index (Phi) is 3.34. The molecule has 1 heterocycles. The molecule has 88 valence electrons. The maximum absolute atomic E-state index is 11.4. The minimum Gasteiger partial charge on any atom is -0.398 e. The molecular formula is C11H12N4OS. The number of rotatable bonds is 3. The van der Waals surface area contributed by atoms with Gasteiger partial charge in [-0.05, 0) is 30.0 Å². The highest BCUT2D eigenvalue weighted by molar-refractivity contribution is 7.99. The van der Waals surface area contributed by atoms with Crippen LogP contribution in [0.1, 0.15) is 10.4 Å². The molecule has 0 unspecified atom stereocenters. The molecule has 1 amide bonds. The molecule has 0 saturated carbocycles. The summed E-state index contributed by atoms with van der Waals surface area (Å²) in [5.74, 6) is -0.147. The van der Waals surface area contributed by atoms with Gasteiger partial charge in [0, 0.05) is 35.6 Å². The van der Waals surface area contributed by atoms with Crippen molar-refractivity contribution in [2.45, 2.75) is 10.1 Å². The third-order valence-electron chi connectivity index (χ3n) is 2.18. The van der Waals surface area contributed by atoms with Crippen molar-refractivity contribution in [3.63, 3.8) is 0 Å². The number of amides is 1. The number of nitrogen functional groups attached to an aromatic ring is 1. The highest BCUT2D eigenvalue weighted by Gasteiger charge is 2.08. The molecule has 0 aliphatic heterocycles. The van der Waals surface area contributed by atoms with E-state index in [-0.39, 0.29) is 5.91 Å². The normalized spacial score (nSPS) is 10.2. The van der Waals surface area contributed by atoms with Crippen molar-refractivity contribution in [3.8, 4) is 0 Å². The van der Waals surface area contributed by atoms with Crippen molar-refractivity contribution < 1.29 is 4.79 Å². The molecule has 0 saturated heterocycles. The van der Waals surface area contributed by atoms with Crippen molar-refractivity contribution in [2.24, 2.45) is 0 Å². The fraction of sp³-hybridized carbons (Fsp3) is 0.0909. The second kappa shape index (κ2) is 4.92. The SMILES string of the molecule is CNC(=O)c1ccc(Sc2ncc[nH]2)c(N)c1. The van der Waals surface area contributed by atoms with Gasteiger partial charge in [0.25, 0.3) is 5.91 Å². The van der Waals surface area contributed by atoms with Gasteiger partial charge in [-0.15, -0.1) is 0 Å². The lowest BCUT2D eigenvalue weighted by Crippen LogP contribution is -2.17. The van der Waals surface area contributed by atoms with Crippen molar-refractivity contribution in [2.75, 3.05) is 12.8 Å². The molecule has 0 atom stereocenters. The Morgan fingerprint density at radius 1 is 1.53 bits per heavy atom. The Balaban J connectivity index is 2.23. The van der Waals surface area contributed by atoms with E-state index < -0.39 is 0 Å². The monoisotopic (exact) mass is 248 g/mol. The van der Waals surface area contributed by atoms with Crippen LogP contribution in [0.4, 0.5) is 5.69 Å². The molecule has 17 heavy (non-hydrogen) atoms. The molecule has 0 aliphatic carbocycles. The van der Waals surface area contributed by atoms with E-state index in [2.05, 4.69) is 15.3 Å². The number of hydrogen-bond acceptors (Lipinski definition) is 4. The van der Waals surface area contributed by atoms with Crippen molar-refractivity contribution >= 4 is 23.4 Å². The largest absolute Gasteiger partial charge is 0.398 e. The molecule has 0 spiro atoms. The number of benzene rings is 1. The first-order valence-corrected chi connectivity index (χ1v) is 5.81. The Labute approximate surface area is 103 Å². The zero-order valence-electron chi connectivity index (χ0n) is 9.23. The first-order chi connectivity index (χ1) is 8.20. The lowest BCUT2D eigenvalue weighted by Gasteiger charge is -2.05. The Hall–Kier alpha value is -1.95. The summed E-state index contributed by atoms with van der Waals surface area (Å²) in [6.45, 7) is 0. The molecule has 5 nitrogen and oxygen atoms in total. The van der Waals surface area contributed by atoms with Gasteiger partial charge in [-0.3, -0.25) is 4.79 Å². The number of nitrogens with zero attached hydrogens (tertiary/aromatic N) is 1. The van der Waals surface area contributed by atoms with Crippen LogP contribution in [0.5, 0.6) is 0 Å². The van der Waals surface area contributed by atoms with Crippen molar-refractivity contribution in [1.82, 2.24) is 15.3 Å².